The first-order chi connectivity index (χ1) is 13.4. The Bertz CT molecular complexity index is 964. The summed E-state index contributed by atoms with van der Waals surface area (Å²) in [6, 6.07) is 5.32. The number of hydrogen-bond donors (Lipinski definition) is 2. The van der Waals surface area contributed by atoms with Crippen LogP contribution in [0.4, 0.5) is 0 Å². The first kappa shape index (κ1) is 24.1. The fourth-order valence-corrected chi connectivity index (χ4v) is 6.06. The van der Waals surface area contributed by atoms with Crippen molar-refractivity contribution in [2.45, 2.75) is 50.2 Å². The minimum atomic E-state index is -3.51. The lowest BCUT2D eigenvalue weighted by molar-refractivity contribution is 0.227. The molecule has 1 fully saturated rings. The molecule has 2 aromatic heterocycles. The average molecular weight is 460 g/mol. The van der Waals surface area contributed by atoms with Gasteiger partial charge in [-0.2, -0.15) is 0 Å². The molecule has 0 saturated carbocycles. The van der Waals surface area contributed by atoms with Gasteiger partial charge in [0.2, 0.25) is 10.0 Å². The Morgan fingerprint density at radius 3 is 2.62 bits per heavy atom. The van der Waals surface area contributed by atoms with Crippen molar-refractivity contribution in [2.24, 2.45) is 0 Å². The molecule has 0 radical (unpaired) electrons. The monoisotopic (exact) mass is 459 g/mol. The van der Waals surface area contributed by atoms with Crippen LogP contribution < -0.4 is 10.3 Å². The van der Waals surface area contributed by atoms with Crippen LogP contribution in [0.3, 0.4) is 0 Å². The number of piperidine rings is 1. The highest BCUT2D eigenvalue weighted by molar-refractivity contribution is 7.91. The quantitative estimate of drug-likeness (QED) is 0.591. The van der Waals surface area contributed by atoms with E-state index in [-0.39, 0.29) is 18.0 Å². The minimum absolute atomic E-state index is 0. The van der Waals surface area contributed by atoms with Crippen molar-refractivity contribution in [2.75, 3.05) is 26.2 Å². The number of thiophene rings is 1. The van der Waals surface area contributed by atoms with Gasteiger partial charge in [-0.3, -0.25) is 4.79 Å². The molecule has 2 aromatic rings. The zero-order valence-electron chi connectivity index (χ0n) is 17.0. The summed E-state index contributed by atoms with van der Waals surface area (Å²) in [6.45, 7) is 7.40. The molecule has 0 bridgehead atoms. The number of likely N-dealkylation sites (tertiary alicyclic amines) is 1. The Kier molecular flexibility index (Phi) is 8.91. The number of nitrogens with one attached hydrogen (secondary N) is 2. The highest BCUT2D eigenvalue weighted by atomic mass is 35.5. The summed E-state index contributed by atoms with van der Waals surface area (Å²) in [5.41, 5.74) is 2.26. The SMILES string of the molecule is CCc1cc(-c2ccc(S(=O)(=O)NCCCN3CCCCC3)s2)c(C)[nH]c1=O.Cl. The van der Waals surface area contributed by atoms with Crippen LogP contribution in [-0.2, 0) is 16.4 Å². The molecule has 29 heavy (non-hydrogen) atoms. The van der Waals surface area contributed by atoms with Crippen molar-refractivity contribution >= 4 is 33.8 Å². The summed E-state index contributed by atoms with van der Waals surface area (Å²) in [6.07, 6.45) is 5.24. The second kappa shape index (κ2) is 10.7. The molecular formula is C20H30ClN3O3S2. The molecule has 3 heterocycles. The zero-order chi connectivity index (χ0) is 20.1. The second-order valence-electron chi connectivity index (χ2n) is 7.29. The molecule has 2 N–H and O–H groups in total. The van der Waals surface area contributed by atoms with Crippen molar-refractivity contribution in [1.82, 2.24) is 14.6 Å². The lowest BCUT2D eigenvalue weighted by atomic mass is 10.1. The molecule has 0 unspecified atom stereocenters. The van der Waals surface area contributed by atoms with Crippen molar-refractivity contribution < 1.29 is 8.42 Å². The standard InChI is InChI=1S/C20H29N3O3S2.ClH/c1-3-16-14-17(15(2)22-20(16)24)18-8-9-19(27-18)28(25,26)21-10-7-13-23-11-5-4-6-12-23;/h8-9,14,21H,3-7,10-13H2,1-2H3,(H,22,24);1H. The molecule has 0 atom stereocenters. The highest BCUT2D eigenvalue weighted by Crippen LogP contribution is 2.32. The molecule has 6 nitrogen and oxygen atoms in total. The van der Waals surface area contributed by atoms with Gasteiger partial charge in [-0.15, -0.1) is 23.7 Å². The van der Waals surface area contributed by atoms with Crippen LogP contribution in [0.2, 0.25) is 0 Å². The van der Waals surface area contributed by atoms with E-state index in [1.165, 1.54) is 30.6 Å². The minimum Gasteiger partial charge on any atom is -0.326 e. The van der Waals surface area contributed by atoms with Gasteiger partial charge in [0, 0.05) is 28.2 Å². The number of hydrogen-bond acceptors (Lipinski definition) is 5. The Morgan fingerprint density at radius 1 is 1.21 bits per heavy atom. The van der Waals surface area contributed by atoms with E-state index in [2.05, 4.69) is 14.6 Å². The van der Waals surface area contributed by atoms with Gasteiger partial charge in [0.05, 0.1) is 0 Å². The fourth-order valence-electron chi connectivity index (χ4n) is 3.56. The molecule has 1 aliphatic rings. The maximum atomic E-state index is 12.6. The van der Waals surface area contributed by atoms with Crippen LogP contribution in [0.25, 0.3) is 10.4 Å². The van der Waals surface area contributed by atoms with Gasteiger partial charge >= 0.3 is 0 Å². The Morgan fingerprint density at radius 2 is 1.93 bits per heavy atom. The third-order valence-corrected chi connectivity index (χ3v) is 8.27. The third kappa shape index (κ3) is 6.15. The summed E-state index contributed by atoms with van der Waals surface area (Å²) in [5, 5.41) is 0. The average Bonchev–Trinajstić information content (AvgIpc) is 3.17. The summed E-state index contributed by atoms with van der Waals surface area (Å²) in [4.78, 5) is 18.0. The van der Waals surface area contributed by atoms with E-state index in [0.717, 1.165) is 42.2 Å². The van der Waals surface area contributed by atoms with Crippen LogP contribution >= 0.6 is 23.7 Å². The van der Waals surface area contributed by atoms with E-state index < -0.39 is 10.0 Å². The lowest BCUT2D eigenvalue weighted by Crippen LogP contribution is -2.33. The number of halogens is 1. The molecule has 3 rings (SSSR count). The smallest absolute Gasteiger partial charge is 0.251 e. The normalized spacial score (nSPS) is 15.2. The first-order valence-corrected chi connectivity index (χ1v) is 12.3. The van der Waals surface area contributed by atoms with Crippen LogP contribution in [-0.4, -0.2) is 44.5 Å². The molecule has 0 spiro atoms. The van der Waals surface area contributed by atoms with E-state index in [4.69, 9.17) is 0 Å². The van der Waals surface area contributed by atoms with Gasteiger partial charge in [0.15, 0.2) is 0 Å². The summed E-state index contributed by atoms with van der Waals surface area (Å²) in [7, 11) is -3.51. The van der Waals surface area contributed by atoms with Gasteiger partial charge in [-0.25, -0.2) is 13.1 Å². The van der Waals surface area contributed by atoms with Crippen LogP contribution in [0.15, 0.2) is 27.2 Å². The summed E-state index contributed by atoms with van der Waals surface area (Å²) >= 11 is 1.24. The molecule has 1 aliphatic heterocycles. The van der Waals surface area contributed by atoms with Gasteiger partial charge in [-0.1, -0.05) is 13.3 Å². The van der Waals surface area contributed by atoms with Crippen molar-refractivity contribution in [3.63, 3.8) is 0 Å². The number of H-pyrrole nitrogens is 1. The van der Waals surface area contributed by atoms with E-state index in [0.29, 0.717) is 22.7 Å². The van der Waals surface area contributed by atoms with Crippen molar-refractivity contribution in [3.8, 4) is 10.4 Å². The number of aromatic amines is 1. The molecular weight excluding hydrogens is 430 g/mol. The predicted molar refractivity (Wildman–Crippen MR) is 122 cm³/mol. The lowest BCUT2D eigenvalue weighted by Gasteiger charge is -2.26. The van der Waals surface area contributed by atoms with Crippen LogP contribution in [0.5, 0.6) is 0 Å². The van der Waals surface area contributed by atoms with E-state index >= 15 is 0 Å². The number of aromatic nitrogens is 1. The van der Waals surface area contributed by atoms with E-state index in [9.17, 15) is 13.2 Å². The van der Waals surface area contributed by atoms with Crippen molar-refractivity contribution in [3.05, 3.63) is 39.8 Å². The van der Waals surface area contributed by atoms with E-state index in [1.54, 1.807) is 6.07 Å². The Balaban J connectivity index is 0.00000300. The molecule has 1 saturated heterocycles. The molecule has 162 valence electrons. The first-order valence-electron chi connectivity index (χ1n) is 9.95. The van der Waals surface area contributed by atoms with Crippen LogP contribution in [0.1, 0.15) is 43.9 Å². The molecule has 0 aromatic carbocycles. The summed E-state index contributed by atoms with van der Waals surface area (Å²) in [5.74, 6) is 0. The van der Waals surface area contributed by atoms with Gasteiger partial charge in [0.25, 0.3) is 5.56 Å². The number of sulfonamides is 1. The van der Waals surface area contributed by atoms with Gasteiger partial charge < -0.3 is 9.88 Å². The zero-order valence-corrected chi connectivity index (χ0v) is 19.4. The number of pyridine rings is 1. The summed E-state index contributed by atoms with van der Waals surface area (Å²) < 4.78 is 28.3. The Hall–Kier alpha value is -1.19. The number of aryl methyl sites for hydroxylation is 2. The Labute approximate surface area is 183 Å². The number of nitrogens with zero attached hydrogens (tertiary/aromatic N) is 1. The van der Waals surface area contributed by atoms with Gasteiger partial charge in [0.1, 0.15) is 4.21 Å². The van der Waals surface area contributed by atoms with Crippen molar-refractivity contribution in [1.29, 1.82) is 0 Å². The topological polar surface area (TPSA) is 82.3 Å². The predicted octanol–water partition coefficient (Wildman–Crippen LogP) is 3.55. The molecule has 0 amide bonds. The largest absolute Gasteiger partial charge is 0.326 e. The molecule has 0 aliphatic carbocycles. The highest BCUT2D eigenvalue weighted by Gasteiger charge is 2.18. The van der Waals surface area contributed by atoms with E-state index in [1.807, 2.05) is 26.0 Å². The third-order valence-electron chi connectivity index (χ3n) is 5.20. The second-order valence-corrected chi connectivity index (χ2v) is 10.4. The van der Waals surface area contributed by atoms with Gasteiger partial charge in [-0.05, 0) is 70.4 Å². The molecule has 9 heteroatoms. The maximum Gasteiger partial charge on any atom is 0.251 e. The maximum absolute atomic E-state index is 12.6. The number of rotatable bonds is 8. The fraction of sp³-hybridized carbons (Fsp3) is 0.550. The van der Waals surface area contributed by atoms with Crippen LogP contribution in [0, 0.1) is 6.92 Å².